The van der Waals surface area contributed by atoms with E-state index in [2.05, 4.69) is 6.58 Å². The van der Waals surface area contributed by atoms with Crippen LogP contribution < -0.4 is 0 Å². The minimum Gasteiger partial charge on any atom is -0.456 e. The number of Topliss-reactive ketones (excluding diaryl/α,β-unsaturated/α-hetero) is 1. The summed E-state index contributed by atoms with van der Waals surface area (Å²) in [5.41, 5.74) is 0. The third kappa shape index (κ3) is 12.5. The Morgan fingerprint density at radius 2 is 1.52 bits per heavy atom. The summed E-state index contributed by atoms with van der Waals surface area (Å²) in [6.45, 7) is 2.44. The maximum Gasteiger partial charge on any atom is 0.411 e. The molecule has 0 spiro atoms. The van der Waals surface area contributed by atoms with Gasteiger partial charge >= 0.3 is 37.7 Å². The average Bonchev–Trinajstić information content (AvgIpc) is 3.49. The molecule has 1 N–H and O–H groups in total. The van der Waals surface area contributed by atoms with Crippen LogP contribution in [0.3, 0.4) is 0 Å². The number of esters is 3. The van der Waals surface area contributed by atoms with E-state index >= 15 is 0 Å². The molecule has 2 rings (SSSR count). The zero-order valence-corrected chi connectivity index (χ0v) is 28.9. The Morgan fingerprint density at radius 1 is 0.917 bits per heavy atom. The van der Waals surface area contributed by atoms with Gasteiger partial charge in [0.25, 0.3) is 0 Å². The van der Waals surface area contributed by atoms with E-state index in [0.717, 1.165) is 35.1 Å². The Morgan fingerprint density at radius 3 is 2.12 bits per heavy atom. The van der Waals surface area contributed by atoms with E-state index in [4.69, 9.17) is 32.7 Å². The Labute approximate surface area is 279 Å². The fraction of sp³-hybridized carbons (Fsp3) is 0.733. The van der Waals surface area contributed by atoms with Crippen LogP contribution in [0.5, 0.6) is 0 Å². The summed E-state index contributed by atoms with van der Waals surface area (Å²) < 4.78 is 46.3. The van der Waals surface area contributed by atoms with E-state index in [1.54, 1.807) is 0 Å². The number of nitrogens with zero attached hydrogens (tertiary/aromatic N) is 2. The minimum absolute atomic E-state index is 0.0668. The second kappa shape index (κ2) is 19.5. The summed E-state index contributed by atoms with van der Waals surface area (Å²) in [5, 5.41) is 10.9. The van der Waals surface area contributed by atoms with Gasteiger partial charge in [0.1, 0.15) is 12.8 Å². The Bertz CT molecular complexity index is 1200. The molecule has 0 aromatic rings. The summed E-state index contributed by atoms with van der Waals surface area (Å²) in [6, 6.07) is 0. The molecule has 2 aliphatic carbocycles. The van der Waals surface area contributed by atoms with Crippen molar-refractivity contribution in [1.82, 2.24) is 9.80 Å². The monoisotopic (exact) mass is 706 g/mol. The molecule has 48 heavy (non-hydrogen) atoms. The average molecular weight is 707 g/mol. The summed E-state index contributed by atoms with van der Waals surface area (Å²) in [4.78, 5) is 74.6. The van der Waals surface area contributed by atoms with Crippen molar-refractivity contribution in [3.05, 3.63) is 12.7 Å². The van der Waals surface area contributed by atoms with E-state index < -0.39 is 75.8 Å². The number of hydrogen-bond donors (Lipinski definition) is 1. The molecule has 18 heteroatoms. The van der Waals surface area contributed by atoms with Crippen molar-refractivity contribution >= 4 is 43.5 Å². The summed E-state index contributed by atoms with van der Waals surface area (Å²) in [7, 11) is 1.52. The predicted octanol–water partition coefficient (Wildman–Crippen LogP) is 2.49. The highest BCUT2D eigenvalue weighted by Gasteiger charge is 2.47. The first kappa shape index (κ1) is 40.6. The van der Waals surface area contributed by atoms with Crippen LogP contribution in [0.15, 0.2) is 12.7 Å². The van der Waals surface area contributed by atoms with Gasteiger partial charge in [0, 0.05) is 40.8 Å². The fourth-order valence-corrected chi connectivity index (χ4v) is 7.13. The first-order valence-electron chi connectivity index (χ1n) is 15.5. The lowest BCUT2D eigenvalue weighted by atomic mass is 9.73. The number of aliphatic hydroxyl groups excluding tert-OH is 1. The quantitative estimate of drug-likeness (QED) is 0.0713. The van der Waals surface area contributed by atoms with Crippen LogP contribution in [-0.2, 0) is 56.5 Å². The zero-order chi connectivity index (χ0) is 36.0. The number of carbonyl (C=O) groups excluding carboxylic acids is 6. The fourth-order valence-electron chi connectivity index (χ4n) is 5.86. The molecular formula is C30H47N2O15P. The molecule has 0 heterocycles. The van der Waals surface area contributed by atoms with Crippen LogP contribution in [0.2, 0.25) is 0 Å². The second-order valence-corrected chi connectivity index (χ2v) is 14.1. The molecule has 0 saturated heterocycles. The first-order chi connectivity index (χ1) is 22.6. The van der Waals surface area contributed by atoms with Gasteiger partial charge in [-0.3, -0.25) is 24.0 Å². The van der Waals surface area contributed by atoms with E-state index in [-0.39, 0.29) is 36.9 Å². The highest BCUT2D eigenvalue weighted by atomic mass is 31.2. The van der Waals surface area contributed by atoms with Gasteiger partial charge in [-0.05, 0) is 49.9 Å². The molecule has 0 bridgehead atoms. The molecule has 0 aromatic carbocycles. The van der Waals surface area contributed by atoms with Gasteiger partial charge in [0.05, 0.1) is 18.2 Å². The van der Waals surface area contributed by atoms with E-state index in [9.17, 15) is 38.4 Å². The number of ether oxygens (including phenoxy) is 5. The summed E-state index contributed by atoms with van der Waals surface area (Å²) >= 11 is 0. The van der Waals surface area contributed by atoms with Crippen molar-refractivity contribution in [2.45, 2.75) is 57.7 Å². The first-order valence-corrected chi connectivity index (χ1v) is 17.2. The molecular weight excluding hydrogens is 659 g/mol. The molecule has 2 fully saturated rings. The Hall–Kier alpha value is -3.53. The third-order valence-corrected chi connectivity index (χ3v) is 10.5. The number of hydrogen-bond acceptors (Lipinski definition) is 15. The van der Waals surface area contributed by atoms with Crippen molar-refractivity contribution in [3.8, 4) is 0 Å². The second-order valence-electron chi connectivity index (χ2n) is 11.8. The Balaban J connectivity index is 1.66. The van der Waals surface area contributed by atoms with Gasteiger partial charge in [-0.15, -0.1) is 0 Å². The topological polar surface area (TPSA) is 211 Å². The van der Waals surface area contributed by atoms with Gasteiger partial charge in [-0.25, -0.2) is 19.2 Å². The van der Waals surface area contributed by atoms with Gasteiger partial charge in [0.15, 0.2) is 19.0 Å². The number of amides is 2. The van der Waals surface area contributed by atoms with Crippen LogP contribution in [0, 0.1) is 23.7 Å². The molecule has 6 atom stereocenters. The molecule has 272 valence electrons. The largest absolute Gasteiger partial charge is 0.456 e. The lowest BCUT2D eigenvalue weighted by Gasteiger charge is -2.38. The van der Waals surface area contributed by atoms with E-state index in [0.29, 0.717) is 18.8 Å². The van der Waals surface area contributed by atoms with Crippen LogP contribution in [0.1, 0.15) is 45.4 Å². The number of fused-ring (bicyclic) bond motifs is 1. The van der Waals surface area contributed by atoms with E-state index in [1.807, 2.05) is 0 Å². The smallest absolute Gasteiger partial charge is 0.411 e. The normalized spacial score (nSPS) is 22.3. The predicted molar refractivity (Wildman–Crippen MR) is 165 cm³/mol. The maximum absolute atomic E-state index is 12.5. The number of carbonyl (C=O) groups is 6. The highest BCUT2D eigenvalue weighted by molar-refractivity contribution is 7.53. The number of rotatable bonds is 18. The molecule has 2 amide bonds. The lowest BCUT2D eigenvalue weighted by Crippen LogP contribution is -2.45. The third-order valence-electron chi connectivity index (χ3n) is 8.42. The van der Waals surface area contributed by atoms with Crippen molar-refractivity contribution in [2.75, 3.05) is 61.2 Å². The van der Waals surface area contributed by atoms with Crippen LogP contribution in [-0.4, -0.2) is 124 Å². The van der Waals surface area contributed by atoms with Crippen molar-refractivity contribution in [2.24, 2.45) is 23.7 Å². The Kier molecular flexibility index (Phi) is 16.5. The van der Waals surface area contributed by atoms with Crippen LogP contribution >= 0.6 is 7.60 Å². The molecule has 0 radical (unpaired) electrons. The maximum atomic E-state index is 12.5. The molecule has 2 aliphatic rings. The minimum atomic E-state index is -3.45. The SMILES string of the molecule is C=CC(=O)OC1CCC2CCC(CCC(=O)COC(=O)N(C)CN(C)C(=O)OCC(=O)OCOC(=O)C(C)CP(=O)(OC)OC)C2C1O. The van der Waals surface area contributed by atoms with Crippen LogP contribution in [0.25, 0.3) is 0 Å². The summed E-state index contributed by atoms with van der Waals surface area (Å²) in [5.74, 6) is -3.34. The molecule has 6 unspecified atom stereocenters. The van der Waals surface area contributed by atoms with Crippen molar-refractivity contribution < 1.29 is 71.2 Å². The highest BCUT2D eigenvalue weighted by Crippen LogP contribution is 2.49. The lowest BCUT2D eigenvalue weighted by molar-refractivity contribution is -0.171. The van der Waals surface area contributed by atoms with Crippen LogP contribution in [0.4, 0.5) is 9.59 Å². The van der Waals surface area contributed by atoms with Gasteiger partial charge in [-0.1, -0.05) is 13.5 Å². The molecule has 0 aliphatic heterocycles. The van der Waals surface area contributed by atoms with Crippen molar-refractivity contribution in [3.63, 3.8) is 0 Å². The summed E-state index contributed by atoms with van der Waals surface area (Å²) in [6.07, 6.45) is 1.34. The number of aliphatic hydroxyl groups is 1. The number of ketones is 1. The van der Waals surface area contributed by atoms with E-state index in [1.165, 1.54) is 35.2 Å². The molecule has 0 aromatic heterocycles. The molecule has 17 nitrogen and oxygen atoms in total. The van der Waals surface area contributed by atoms with Crippen molar-refractivity contribution in [1.29, 1.82) is 0 Å². The zero-order valence-electron chi connectivity index (χ0n) is 28.0. The standard InChI is InChI=1S/C30H47N2O15P/c1-7-24(34)47-23-13-11-21-9-8-20(26(21)27(23)36)10-12-22(33)14-43-29(38)31(3)17-32(4)30(39)44-15-25(35)45-18-46-28(37)19(2)16-48(40,41-5)42-6/h7,19-21,23,26-27,36H,1,8-18H2,2-6H3. The molecule has 2 saturated carbocycles. The van der Waals surface area contributed by atoms with Gasteiger partial charge < -0.3 is 37.8 Å². The van der Waals surface area contributed by atoms with Gasteiger partial charge in [0.2, 0.25) is 6.79 Å². The van der Waals surface area contributed by atoms with Gasteiger partial charge in [-0.2, -0.15) is 0 Å².